The maximum Gasteiger partial charge on any atom is 0.223 e. The van der Waals surface area contributed by atoms with Gasteiger partial charge in [-0.15, -0.1) is 0 Å². The van der Waals surface area contributed by atoms with Crippen LogP contribution in [0, 0.1) is 11.8 Å². The van der Waals surface area contributed by atoms with Crippen LogP contribution in [0.25, 0.3) is 0 Å². The van der Waals surface area contributed by atoms with Gasteiger partial charge in [0, 0.05) is 25.3 Å². The van der Waals surface area contributed by atoms with Gasteiger partial charge < -0.3 is 9.64 Å². The molecule has 0 aromatic heterocycles. The molecule has 0 spiro atoms. The van der Waals surface area contributed by atoms with Crippen LogP contribution in [-0.4, -0.2) is 77.2 Å². The molecule has 30 heavy (non-hydrogen) atoms. The summed E-state index contributed by atoms with van der Waals surface area (Å²) in [7, 11) is -6.69. The van der Waals surface area contributed by atoms with Crippen molar-refractivity contribution in [2.75, 3.05) is 31.4 Å². The minimum absolute atomic E-state index is 0.0968. The summed E-state index contributed by atoms with van der Waals surface area (Å²) in [4.78, 5) is 14.4. The lowest BCUT2D eigenvalue weighted by Gasteiger charge is -2.42. The van der Waals surface area contributed by atoms with Crippen LogP contribution in [0.3, 0.4) is 0 Å². The number of hydrogen-bond donors (Lipinski definition) is 1. The van der Waals surface area contributed by atoms with Crippen LogP contribution < -0.4 is 4.72 Å². The van der Waals surface area contributed by atoms with Gasteiger partial charge in [-0.05, 0) is 50.4 Å². The van der Waals surface area contributed by atoms with Crippen LogP contribution in [0.4, 0.5) is 0 Å². The van der Waals surface area contributed by atoms with Gasteiger partial charge in [-0.1, -0.05) is 13.8 Å². The van der Waals surface area contributed by atoms with E-state index in [1.807, 2.05) is 0 Å². The third-order valence-corrected chi connectivity index (χ3v) is 7.99. The summed E-state index contributed by atoms with van der Waals surface area (Å²) in [5.74, 6) is 0.903. The van der Waals surface area contributed by atoms with Gasteiger partial charge in [0.1, 0.15) is 9.84 Å². The van der Waals surface area contributed by atoms with Crippen molar-refractivity contribution in [2.24, 2.45) is 11.8 Å². The molecule has 1 N–H and O–H groups in total. The second kappa shape index (κ2) is 10.7. The normalized spacial score (nSPS) is 28.6. The summed E-state index contributed by atoms with van der Waals surface area (Å²) in [6, 6.07) is -0.855. The van der Waals surface area contributed by atoms with E-state index in [1.165, 1.54) is 0 Å². The first kappa shape index (κ1) is 25.5. The first-order valence-corrected chi connectivity index (χ1v) is 14.9. The van der Waals surface area contributed by atoms with E-state index in [2.05, 4.69) is 18.6 Å². The van der Waals surface area contributed by atoms with Crippen LogP contribution >= 0.6 is 0 Å². The Morgan fingerprint density at radius 1 is 1.07 bits per heavy atom. The predicted octanol–water partition coefficient (Wildman–Crippen LogP) is 1.56. The number of sulfone groups is 1. The molecule has 1 saturated heterocycles. The maximum atomic E-state index is 12.8. The van der Waals surface area contributed by atoms with Gasteiger partial charge in [-0.3, -0.25) is 4.79 Å². The van der Waals surface area contributed by atoms with E-state index in [9.17, 15) is 21.6 Å². The van der Waals surface area contributed by atoms with E-state index >= 15 is 0 Å². The number of carbonyl (C=O) groups excluding carboxylic acids is 1. The first-order chi connectivity index (χ1) is 13.9. The van der Waals surface area contributed by atoms with Gasteiger partial charge in [-0.25, -0.2) is 21.6 Å². The van der Waals surface area contributed by atoms with Crippen LogP contribution in [0.1, 0.15) is 58.8 Å². The van der Waals surface area contributed by atoms with E-state index in [0.29, 0.717) is 31.2 Å². The van der Waals surface area contributed by atoms with Crippen molar-refractivity contribution in [3.63, 3.8) is 0 Å². The topological polar surface area (TPSA) is 110 Å². The van der Waals surface area contributed by atoms with E-state index in [-0.39, 0.29) is 30.8 Å². The summed E-state index contributed by atoms with van der Waals surface area (Å²) < 4.78 is 55.5. The monoisotopic (exact) mass is 466 g/mol. The number of nitrogens with zero attached hydrogens (tertiary/aromatic N) is 1. The second-order valence-corrected chi connectivity index (χ2v) is 13.3. The average Bonchev–Trinajstić information content (AvgIpc) is 2.63. The molecule has 2 fully saturated rings. The van der Waals surface area contributed by atoms with E-state index < -0.39 is 31.9 Å². The Bertz CT molecular complexity index is 773. The molecule has 0 aromatic rings. The third-order valence-electron chi connectivity index (χ3n) is 6.32. The molecule has 2 rings (SSSR count). The SMILES string of the molecule is CC(C)[C@H]1CC[C@@H](OC[C@H]2[C@@H](NS(C)(=O)=O)CCCN2C(=O)CCS(C)(=O)=O)CC1. The summed E-state index contributed by atoms with van der Waals surface area (Å²) >= 11 is 0. The number of nitrogens with one attached hydrogen (secondary N) is 1. The van der Waals surface area contributed by atoms with E-state index in [4.69, 9.17) is 4.74 Å². The summed E-state index contributed by atoms with van der Waals surface area (Å²) in [5.41, 5.74) is 0. The molecule has 2 atom stereocenters. The molecule has 0 unspecified atom stereocenters. The number of piperidine rings is 1. The summed E-state index contributed by atoms with van der Waals surface area (Å²) in [5, 5.41) is 0. The van der Waals surface area contributed by atoms with E-state index in [0.717, 1.165) is 38.2 Å². The Morgan fingerprint density at radius 3 is 2.23 bits per heavy atom. The highest BCUT2D eigenvalue weighted by Crippen LogP contribution is 2.32. The van der Waals surface area contributed by atoms with Crippen LogP contribution in [0.5, 0.6) is 0 Å². The van der Waals surface area contributed by atoms with Crippen LogP contribution in [-0.2, 0) is 29.4 Å². The largest absolute Gasteiger partial charge is 0.376 e. The van der Waals surface area contributed by atoms with Crippen molar-refractivity contribution in [3.8, 4) is 0 Å². The fourth-order valence-corrected chi connectivity index (χ4v) is 5.93. The maximum absolute atomic E-state index is 12.8. The Balaban J connectivity index is 2.05. The molecule has 1 heterocycles. The molecule has 0 radical (unpaired) electrons. The fraction of sp³-hybridized carbons (Fsp3) is 0.950. The lowest BCUT2D eigenvalue weighted by atomic mass is 9.80. The van der Waals surface area contributed by atoms with Gasteiger partial charge in [-0.2, -0.15) is 0 Å². The lowest BCUT2D eigenvalue weighted by Crippen LogP contribution is -2.59. The minimum atomic E-state index is -3.44. The number of ether oxygens (including phenoxy) is 1. The van der Waals surface area contributed by atoms with Gasteiger partial charge >= 0.3 is 0 Å². The average molecular weight is 467 g/mol. The molecule has 8 nitrogen and oxygen atoms in total. The molecule has 176 valence electrons. The van der Waals surface area contributed by atoms with Gasteiger partial charge in [0.25, 0.3) is 0 Å². The number of hydrogen-bond acceptors (Lipinski definition) is 6. The third kappa shape index (κ3) is 8.43. The van der Waals surface area contributed by atoms with Crippen molar-refractivity contribution in [1.29, 1.82) is 0 Å². The zero-order chi connectivity index (χ0) is 22.5. The van der Waals surface area contributed by atoms with Gasteiger partial charge in [0.2, 0.25) is 15.9 Å². The first-order valence-electron chi connectivity index (χ1n) is 10.9. The smallest absolute Gasteiger partial charge is 0.223 e. The Kier molecular flexibility index (Phi) is 9.15. The summed E-state index contributed by atoms with van der Waals surface area (Å²) in [6.45, 7) is 5.23. The quantitative estimate of drug-likeness (QED) is 0.552. The molecule has 0 bridgehead atoms. The highest BCUT2D eigenvalue weighted by molar-refractivity contribution is 7.90. The number of carbonyl (C=O) groups is 1. The van der Waals surface area contributed by atoms with Crippen molar-refractivity contribution in [1.82, 2.24) is 9.62 Å². The fourth-order valence-electron chi connectivity index (χ4n) is 4.56. The Morgan fingerprint density at radius 2 is 1.70 bits per heavy atom. The second-order valence-electron chi connectivity index (χ2n) is 9.29. The Hall–Kier alpha value is -0.710. The minimum Gasteiger partial charge on any atom is -0.376 e. The zero-order valence-corrected chi connectivity index (χ0v) is 20.3. The molecule has 1 aliphatic heterocycles. The van der Waals surface area contributed by atoms with Crippen molar-refractivity contribution in [2.45, 2.75) is 77.0 Å². The molecule has 1 aliphatic carbocycles. The van der Waals surface area contributed by atoms with Crippen molar-refractivity contribution in [3.05, 3.63) is 0 Å². The van der Waals surface area contributed by atoms with E-state index in [1.54, 1.807) is 4.90 Å². The standard InChI is InChI=1S/C20H38N2O6S2/c1-15(2)16-7-9-17(10-8-16)28-14-19-18(21-30(4,26)27)6-5-12-22(19)20(23)11-13-29(3,24)25/h15-19,21H,5-14H2,1-4H3/t16-,17+,18-,19-/m0/s1. The van der Waals surface area contributed by atoms with Crippen LogP contribution in [0.2, 0.25) is 0 Å². The highest BCUT2D eigenvalue weighted by Gasteiger charge is 2.37. The molecule has 0 aromatic carbocycles. The van der Waals surface area contributed by atoms with Gasteiger partial charge in [0.15, 0.2) is 0 Å². The lowest BCUT2D eigenvalue weighted by molar-refractivity contribution is -0.138. The number of likely N-dealkylation sites (tertiary alicyclic amines) is 1. The molecular formula is C20H38N2O6S2. The predicted molar refractivity (Wildman–Crippen MR) is 117 cm³/mol. The number of sulfonamides is 1. The highest BCUT2D eigenvalue weighted by atomic mass is 32.2. The van der Waals surface area contributed by atoms with Crippen LogP contribution in [0.15, 0.2) is 0 Å². The molecule has 1 saturated carbocycles. The summed E-state index contributed by atoms with van der Waals surface area (Å²) in [6.07, 6.45) is 7.72. The molecule has 1 amide bonds. The molecule has 2 aliphatic rings. The number of rotatable bonds is 9. The number of amides is 1. The van der Waals surface area contributed by atoms with Gasteiger partial charge in [0.05, 0.1) is 30.8 Å². The molecule has 10 heteroatoms. The molecular weight excluding hydrogens is 428 g/mol. The van der Waals surface area contributed by atoms with Crippen molar-refractivity contribution < 1.29 is 26.4 Å². The zero-order valence-electron chi connectivity index (χ0n) is 18.7. The Labute approximate surface area is 182 Å². The van der Waals surface area contributed by atoms with Crippen molar-refractivity contribution >= 4 is 25.8 Å².